The van der Waals surface area contributed by atoms with E-state index in [9.17, 15) is 9.90 Å². The number of nitrogens with zero attached hydrogens (tertiary/aromatic N) is 2. The van der Waals surface area contributed by atoms with Gasteiger partial charge in [0.2, 0.25) is 0 Å². The predicted molar refractivity (Wildman–Crippen MR) is 102 cm³/mol. The standard InChI is InChI=1S/C21H21N3O3/c1-3-24-20(13-8-7-9-14(12-13)27-4-2)17-18(22-23-19(17)21(24)26)15-10-5-6-11-16(15)25/h5-12,20,25H,3-4H2,1-2H3,(H,22,23)/t20-/m0/s1. The monoisotopic (exact) mass is 363 g/mol. The fourth-order valence-corrected chi connectivity index (χ4v) is 3.69. The highest BCUT2D eigenvalue weighted by Crippen LogP contribution is 2.44. The molecule has 0 unspecified atom stereocenters. The molecule has 1 atom stereocenters. The molecule has 0 aliphatic carbocycles. The van der Waals surface area contributed by atoms with Crippen LogP contribution in [0.4, 0.5) is 0 Å². The first-order valence-electron chi connectivity index (χ1n) is 9.06. The lowest BCUT2D eigenvalue weighted by Crippen LogP contribution is -2.29. The van der Waals surface area contributed by atoms with Crippen molar-refractivity contribution >= 4 is 5.91 Å². The molecule has 2 aromatic carbocycles. The van der Waals surface area contributed by atoms with E-state index in [0.717, 1.165) is 16.9 Å². The van der Waals surface area contributed by atoms with Gasteiger partial charge in [-0.2, -0.15) is 5.10 Å². The zero-order valence-corrected chi connectivity index (χ0v) is 15.3. The lowest BCUT2D eigenvalue weighted by Gasteiger charge is -2.25. The first-order chi connectivity index (χ1) is 13.2. The molecule has 4 rings (SSSR count). The Balaban J connectivity index is 1.89. The van der Waals surface area contributed by atoms with Crippen molar-refractivity contribution in [3.63, 3.8) is 0 Å². The molecule has 2 heterocycles. The van der Waals surface area contributed by atoms with Gasteiger partial charge in [-0.3, -0.25) is 9.89 Å². The van der Waals surface area contributed by atoms with E-state index in [-0.39, 0.29) is 17.7 Å². The average molecular weight is 363 g/mol. The van der Waals surface area contributed by atoms with Gasteiger partial charge in [-0.15, -0.1) is 0 Å². The minimum absolute atomic E-state index is 0.0894. The molecular weight excluding hydrogens is 342 g/mol. The molecule has 1 amide bonds. The number of amides is 1. The topological polar surface area (TPSA) is 78.5 Å². The second-order valence-corrected chi connectivity index (χ2v) is 6.38. The summed E-state index contributed by atoms with van der Waals surface area (Å²) >= 11 is 0. The molecule has 1 aliphatic rings. The number of H-pyrrole nitrogens is 1. The number of phenols is 1. The molecule has 0 saturated heterocycles. The van der Waals surface area contributed by atoms with E-state index in [1.165, 1.54) is 0 Å². The molecule has 0 spiro atoms. The largest absolute Gasteiger partial charge is 0.507 e. The summed E-state index contributed by atoms with van der Waals surface area (Å²) in [5, 5.41) is 17.5. The number of phenolic OH excluding ortho intramolecular Hbond substituents is 1. The number of aromatic nitrogens is 2. The number of rotatable bonds is 5. The number of aromatic amines is 1. The number of ether oxygens (including phenoxy) is 1. The second-order valence-electron chi connectivity index (χ2n) is 6.38. The van der Waals surface area contributed by atoms with Crippen LogP contribution in [-0.2, 0) is 0 Å². The van der Waals surface area contributed by atoms with Crippen LogP contribution in [0.3, 0.4) is 0 Å². The number of hydrogen-bond donors (Lipinski definition) is 2. The Morgan fingerprint density at radius 1 is 1.19 bits per heavy atom. The van der Waals surface area contributed by atoms with Crippen molar-refractivity contribution in [2.24, 2.45) is 0 Å². The Hall–Kier alpha value is -3.28. The van der Waals surface area contributed by atoms with Gasteiger partial charge in [-0.05, 0) is 43.7 Å². The minimum Gasteiger partial charge on any atom is -0.507 e. The van der Waals surface area contributed by atoms with E-state index in [4.69, 9.17) is 4.74 Å². The Bertz CT molecular complexity index is 996. The van der Waals surface area contributed by atoms with Gasteiger partial charge in [0.25, 0.3) is 5.91 Å². The van der Waals surface area contributed by atoms with Gasteiger partial charge >= 0.3 is 0 Å². The molecule has 0 saturated carbocycles. The van der Waals surface area contributed by atoms with E-state index in [0.29, 0.717) is 30.1 Å². The van der Waals surface area contributed by atoms with E-state index in [1.54, 1.807) is 23.1 Å². The Morgan fingerprint density at radius 2 is 2.00 bits per heavy atom. The van der Waals surface area contributed by atoms with Crippen molar-refractivity contribution in [1.82, 2.24) is 15.1 Å². The summed E-state index contributed by atoms with van der Waals surface area (Å²) in [6.45, 7) is 5.03. The van der Waals surface area contributed by atoms with Crippen molar-refractivity contribution < 1.29 is 14.6 Å². The van der Waals surface area contributed by atoms with Gasteiger partial charge in [0.15, 0.2) is 0 Å². The van der Waals surface area contributed by atoms with E-state index < -0.39 is 0 Å². The Morgan fingerprint density at radius 3 is 2.74 bits per heavy atom. The fraction of sp³-hybridized carbons (Fsp3) is 0.238. The van der Waals surface area contributed by atoms with Crippen LogP contribution in [0.1, 0.15) is 41.5 Å². The lowest BCUT2D eigenvalue weighted by atomic mass is 9.95. The summed E-state index contributed by atoms with van der Waals surface area (Å²) in [4.78, 5) is 14.7. The van der Waals surface area contributed by atoms with Gasteiger partial charge in [0.1, 0.15) is 22.9 Å². The Labute approximate surface area is 157 Å². The van der Waals surface area contributed by atoms with Crippen LogP contribution in [0.15, 0.2) is 48.5 Å². The fourth-order valence-electron chi connectivity index (χ4n) is 3.69. The number of para-hydroxylation sites is 1. The van der Waals surface area contributed by atoms with Crippen LogP contribution in [0.5, 0.6) is 11.5 Å². The summed E-state index contributed by atoms with van der Waals surface area (Å²) in [6, 6.07) is 14.5. The van der Waals surface area contributed by atoms with Crippen LogP contribution in [-0.4, -0.2) is 39.3 Å². The van der Waals surface area contributed by atoms with Crippen molar-refractivity contribution in [2.75, 3.05) is 13.2 Å². The summed E-state index contributed by atoms with van der Waals surface area (Å²) in [5.74, 6) is 0.809. The Kier molecular flexibility index (Phi) is 4.32. The number of nitrogens with one attached hydrogen (secondary N) is 1. The zero-order valence-electron chi connectivity index (χ0n) is 15.3. The molecule has 3 aromatic rings. The molecule has 6 heteroatoms. The van der Waals surface area contributed by atoms with E-state index in [2.05, 4.69) is 10.2 Å². The maximum atomic E-state index is 12.9. The van der Waals surface area contributed by atoms with Gasteiger partial charge in [-0.25, -0.2) is 0 Å². The summed E-state index contributed by atoms with van der Waals surface area (Å²) < 4.78 is 5.64. The third kappa shape index (κ3) is 2.73. The van der Waals surface area contributed by atoms with Crippen LogP contribution in [0.2, 0.25) is 0 Å². The van der Waals surface area contributed by atoms with Crippen molar-refractivity contribution in [1.29, 1.82) is 0 Å². The highest BCUT2D eigenvalue weighted by Gasteiger charge is 2.41. The molecule has 0 radical (unpaired) electrons. The normalized spacial score (nSPS) is 15.9. The third-order valence-electron chi connectivity index (χ3n) is 4.85. The maximum absolute atomic E-state index is 12.9. The molecule has 2 N–H and O–H groups in total. The van der Waals surface area contributed by atoms with Crippen LogP contribution < -0.4 is 4.74 Å². The predicted octanol–water partition coefficient (Wildman–Crippen LogP) is 3.75. The molecular formula is C21H21N3O3. The van der Waals surface area contributed by atoms with E-state index in [1.807, 2.05) is 44.2 Å². The summed E-state index contributed by atoms with van der Waals surface area (Å²) in [7, 11) is 0. The van der Waals surface area contributed by atoms with Crippen molar-refractivity contribution in [3.05, 3.63) is 65.4 Å². The van der Waals surface area contributed by atoms with Crippen LogP contribution >= 0.6 is 0 Å². The quantitative estimate of drug-likeness (QED) is 0.724. The number of benzene rings is 2. The smallest absolute Gasteiger partial charge is 0.273 e. The first-order valence-corrected chi connectivity index (χ1v) is 9.06. The number of aromatic hydroxyl groups is 1. The summed E-state index contributed by atoms with van der Waals surface area (Å²) in [6.07, 6.45) is 0. The maximum Gasteiger partial charge on any atom is 0.273 e. The molecule has 0 bridgehead atoms. The van der Waals surface area contributed by atoms with Gasteiger partial charge < -0.3 is 14.7 Å². The second kappa shape index (κ2) is 6.79. The highest BCUT2D eigenvalue weighted by atomic mass is 16.5. The van der Waals surface area contributed by atoms with Crippen LogP contribution in [0.25, 0.3) is 11.3 Å². The van der Waals surface area contributed by atoms with Crippen molar-refractivity contribution in [3.8, 4) is 22.8 Å². The van der Waals surface area contributed by atoms with E-state index >= 15 is 0 Å². The lowest BCUT2D eigenvalue weighted by molar-refractivity contribution is 0.0753. The van der Waals surface area contributed by atoms with Crippen molar-refractivity contribution in [2.45, 2.75) is 19.9 Å². The number of hydrogen-bond acceptors (Lipinski definition) is 4. The minimum atomic E-state index is -0.286. The SMILES string of the molecule is CCOc1cccc([C@H]2c3c(-c4ccccc4O)n[nH]c3C(=O)N2CC)c1. The number of fused-ring (bicyclic) bond motifs is 1. The molecule has 1 aromatic heterocycles. The zero-order chi connectivity index (χ0) is 19.0. The molecule has 6 nitrogen and oxygen atoms in total. The number of carbonyl (C=O) groups is 1. The molecule has 0 fully saturated rings. The van der Waals surface area contributed by atoms with Gasteiger partial charge in [-0.1, -0.05) is 24.3 Å². The van der Waals surface area contributed by atoms with Crippen LogP contribution in [0, 0.1) is 0 Å². The highest BCUT2D eigenvalue weighted by molar-refractivity contribution is 6.00. The number of carbonyl (C=O) groups excluding carboxylic acids is 1. The molecule has 138 valence electrons. The third-order valence-corrected chi connectivity index (χ3v) is 4.85. The summed E-state index contributed by atoms with van der Waals surface area (Å²) in [5.41, 5.74) is 3.41. The molecule has 27 heavy (non-hydrogen) atoms. The first kappa shape index (κ1) is 17.1. The van der Waals surface area contributed by atoms with Gasteiger partial charge in [0, 0.05) is 17.7 Å². The van der Waals surface area contributed by atoms with Gasteiger partial charge in [0.05, 0.1) is 12.6 Å². The average Bonchev–Trinajstić information content (AvgIpc) is 3.21. The molecule has 1 aliphatic heterocycles.